The van der Waals surface area contributed by atoms with Gasteiger partial charge in [-0.3, -0.25) is 0 Å². The minimum Gasteiger partial charge on any atom is -0.484 e. The fourth-order valence-corrected chi connectivity index (χ4v) is 1.94. The Balaban J connectivity index is 2.13. The van der Waals surface area contributed by atoms with E-state index in [0.29, 0.717) is 21.7 Å². The van der Waals surface area contributed by atoms with E-state index in [9.17, 15) is 0 Å². The summed E-state index contributed by atoms with van der Waals surface area (Å²) in [4.78, 5) is 8.32. The van der Waals surface area contributed by atoms with Crippen LogP contribution < -0.4 is 4.74 Å². The van der Waals surface area contributed by atoms with E-state index in [1.807, 2.05) is 26.0 Å². The third-order valence-corrected chi connectivity index (χ3v) is 2.82. The molecule has 2 aromatic rings. The first-order chi connectivity index (χ1) is 8.54. The fourth-order valence-electron chi connectivity index (χ4n) is 1.52. The zero-order valence-corrected chi connectivity index (χ0v) is 11.6. The lowest BCUT2D eigenvalue weighted by Crippen LogP contribution is -2.03. The quantitative estimate of drug-likeness (QED) is 0.799. The van der Waals surface area contributed by atoms with E-state index in [0.717, 1.165) is 11.3 Å². The van der Waals surface area contributed by atoms with Gasteiger partial charge in [-0.2, -0.15) is 0 Å². The molecule has 0 amide bonds. The lowest BCUT2D eigenvalue weighted by Gasteiger charge is -2.08. The lowest BCUT2D eigenvalue weighted by atomic mass is 10.2. The summed E-state index contributed by atoms with van der Waals surface area (Å²) in [5.74, 6) is 1.16. The normalized spacial score (nSPS) is 10.4. The van der Waals surface area contributed by atoms with Crippen LogP contribution in [0.4, 0.5) is 0 Å². The van der Waals surface area contributed by atoms with Crippen molar-refractivity contribution in [3.8, 4) is 5.75 Å². The molecule has 5 heteroatoms. The van der Waals surface area contributed by atoms with Crippen LogP contribution in [0, 0.1) is 13.8 Å². The topological polar surface area (TPSA) is 35.0 Å². The van der Waals surface area contributed by atoms with Crippen molar-refractivity contribution in [2.24, 2.45) is 0 Å². The largest absolute Gasteiger partial charge is 0.484 e. The lowest BCUT2D eigenvalue weighted by molar-refractivity contribution is 0.295. The highest BCUT2D eigenvalue weighted by Crippen LogP contribution is 2.25. The number of ether oxygens (including phenoxy) is 1. The summed E-state index contributed by atoms with van der Waals surface area (Å²) in [6.07, 6.45) is 0. The Morgan fingerprint density at radius 2 is 1.89 bits per heavy atom. The highest BCUT2D eigenvalue weighted by Gasteiger charge is 2.05. The summed E-state index contributed by atoms with van der Waals surface area (Å²) >= 11 is 11.9. The number of hydrogen-bond acceptors (Lipinski definition) is 3. The molecule has 0 fully saturated rings. The molecule has 3 nitrogen and oxygen atoms in total. The second-order valence-corrected chi connectivity index (χ2v) is 4.77. The van der Waals surface area contributed by atoms with Crippen molar-refractivity contribution in [1.82, 2.24) is 9.97 Å². The molecule has 0 bridgehead atoms. The SMILES string of the molecule is Cc1ccc(Cl)c(OCc2nc(C)cc(Cl)n2)c1. The van der Waals surface area contributed by atoms with Crippen LogP contribution in [0.1, 0.15) is 17.1 Å². The van der Waals surface area contributed by atoms with Crippen molar-refractivity contribution < 1.29 is 4.74 Å². The molecule has 94 valence electrons. The highest BCUT2D eigenvalue weighted by molar-refractivity contribution is 6.32. The molecule has 0 radical (unpaired) electrons. The molecule has 0 saturated carbocycles. The summed E-state index contributed by atoms with van der Waals surface area (Å²) in [5.41, 5.74) is 1.89. The van der Waals surface area contributed by atoms with Crippen molar-refractivity contribution in [3.63, 3.8) is 0 Å². The number of aryl methyl sites for hydroxylation is 2. The molecule has 0 aliphatic heterocycles. The average molecular weight is 283 g/mol. The van der Waals surface area contributed by atoms with E-state index >= 15 is 0 Å². The maximum Gasteiger partial charge on any atom is 0.167 e. The molecule has 0 aliphatic carbocycles. The highest BCUT2D eigenvalue weighted by atomic mass is 35.5. The smallest absolute Gasteiger partial charge is 0.167 e. The van der Waals surface area contributed by atoms with Crippen LogP contribution in [-0.4, -0.2) is 9.97 Å². The number of nitrogens with zero attached hydrogens (tertiary/aromatic N) is 2. The van der Waals surface area contributed by atoms with E-state index in [4.69, 9.17) is 27.9 Å². The molecule has 0 atom stereocenters. The van der Waals surface area contributed by atoms with Gasteiger partial charge < -0.3 is 4.74 Å². The van der Waals surface area contributed by atoms with Gasteiger partial charge in [0.1, 0.15) is 17.5 Å². The Labute approximate surface area is 116 Å². The predicted octanol–water partition coefficient (Wildman–Crippen LogP) is 3.98. The molecule has 2 rings (SSSR count). The van der Waals surface area contributed by atoms with Crippen LogP contribution in [0.5, 0.6) is 5.75 Å². The monoisotopic (exact) mass is 282 g/mol. The molecule has 18 heavy (non-hydrogen) atoms. The summed E-state index contributed by atoms with van der Waals surface area (Å²) < 4.78 is 5.60. The zero-order valence-electron chi connectivity index (χ0n) is 10.1. The minimum absolute atomic E-state index is 0.241. The van der Waals surface area contributed by atoms with Crippen LogP contribution in [0.3, 0.4) is 0 Å². The van der Waals surface area contributed by atoms with E-state index < -0.39 is 0 Å². The van der Waals surface area contributed by atoms with Crippen LogP contribution in [0.2, 0.25) is 10.2 Å². The molecular weight excluding hydrogens is 271 g/mol. The third kappa shape index (κ3) is 3.34. The molecular formula is C13H12Cl2N2O. The van der Waals surface area contributed by atoms with Gasteiger partial charge in [0.2, 0.25) is 0 Å². The first-order valence-corrected chi connectivity index (χ1v) is 6.19. The molecule has 1 aromatic heterocycles. The Kier molecular flexibility index (Phi) is 4.04. The Hall–Kier alpha value is -1.32. The molecule has 0 saturated heterocycles. The number of hydrogen-bond donors (Lipinski definition) is 0. The Morgan fingerprint density at radius 1 is 1.11 bits per heavy atom. The molecule has 0 N–H and O–H groups in total. The number of rotatable bonds is 3. The summed E-state index contributed by atoms with van der Waals surface area (Å²) in [6.45, 7) is 4.07. The van der Waals surface area contributed by atoms with Crippen molar-refractivity contribution in [1.29, 1.82) is 0 Å². The van der Waals surface area contributed by atoms with Crippen LogP contribution in [0.15, 0.2) is 24.3 Å². The minimum atomic E-state index is 0.241. The summed E-state index contributed by atoms with van der Waals surface area (Å²) in [7, 11) is 0. The first-order valence-electron chi connectivity index (χ1n) is 5.43. The van der Waals surface area contributed by atoms with E-state index in [1.165, 1.54) is 0 Å². The van der Waals surface area contributed by atoms with Gasteiger partial charge in [0.05, 0.1) is 5.02 Å². The predicted molar refractivity (Wildman–Crippen MR) is 72.3 cm³/mol. The molecule has 1 heterocycles. The van der Waals surface area contributed by atoms with Crippen LogP contribution in [0.25, 0.3) is 0 Å². The van der Waals surface area contributed by atoms with E-state index in [-0.39, 0.29) is 6.61 Å². The molecule has 0 unspecified atom stereocenters. The van der Waals surface area contributed by atoms with Gasteiger partial charge in [-0.15, -0.1) is 0 Å². The number of aromatic nitrogens is 2. The van der Waals surface area contributed by atoms with Crippen molar-refractivity contribution in [2.45, 2.75) is 20.5 Å². The second-order valence-electron chi connectivity index (χ2n) is 3.97. The zero-order chi connectivity index (χ0) is 13.1. The summed E-state index contributed by atoms with van der Waals surface area (Å²) in [6, 6.07) is 7.30. The fraction of sp³-hybridized carbons (Fsp3) is 0.231. The van der Waals surface area contributed by atoms with Gasteiger partial charge >= 0.3 is 0 Å². The van der Waals surface area contributed by atoms with Gasteiger partial charge in [-0.05, 0) is 37.6 Å². The number of halogens is 2. The van der Waals surface area contributed by atoms with Gasteiger partial charge in [-0.1, -0.05) is 29.3 Å². The second kappa shape index (κ2) is 5.55. The van der Waals surface area contributed by atoms with Gasteiger partial charge in [-0.25, -0.2) is 9.97 Å². The van der Waals surface area contributed by atoms with E-state index in [1.54, 1.807) is 12.1 Å². The maximum absolute atomic E-state index is 6.03. The maximum atomic E-state index is 6.03. The Morgan fingerprint density at radius 3 is 2.61 bits per heavy atom. The van der Waals surface area contributed by atoms with Crippen molar-refractivity contribution in [2.75, 3.05) is 0 Å². The van der Waals surface area contributed by atoms with Gasteiger partial charge in [0.25, 0.3) is 0 Å². The van der Waals surface area contributed by atoms with Gasteiger partial charge in [0.15, 0.2) is 5.82 Å². The standard InChI is InChI=1S/C13H12Cl2N2O/c1-8-3-4-10(14)11(5-8)18-7-13-16-9(2)6-12(15)17-13/h3-6H,7H2,1-2H3. The van der Waals surface area contributed by atoms with Crippen molar-refractivity contribution >= 4 is 23.2 Å². The molecule has 0 spiro atoms. The first kappa shape index (κ1) is 13.1. The van der Waals surface area contributed by atoms with Gasteiger partial charge in [0, 0.05) is 5.69 Å². The third-order valence-electron chi connectivity index (χ3n) is 2.31. The van der Waals surface area contributed by atoms with Crippen LogP contribution >= 0.6 is 23.2 Å². The Bertz CT molecular complexity index is 553. The average Bonchev–Trinajstić information content (AvgIpc) is 2.29. The molecule has 0 aliphatic rings. The van der Waals surface area contributed by atoms with E-state index in [2.05, 4.69) is 9.97 Å². The van der Waals surface area contributed by atoms with Crippen molar-refractivity contribution in [3.05, 3.63) is 51.5 Å². The number of benzene rings is 1. The summed E-state index contributed by atoms with van der Waals surface area (Å²) in [5, 5.41) is 0.982. The molecule has 1 aromatic carbocycles. The van der Waals surface area contributed by atoms with Crippen LogP contribution in [-0.2, 0) is 6.61 Å².